The monoisotopic (exact) mass is 355 g/mol. The number of rotatable bonds is 3. The number of benzene rings is 1. The van der Waals surface area contributed by atoms with Gasteiger partial charge in [-0.05, 0) is 38.1 Å². The highest BCUT2D eigenvalue weighted by Crippen LogP contribution is 2.39. The molecular formula is C19H18ClN3O2. The van der Waals surface area contributed by atoms with E-state index in [9.17, 15) is 4.79 Å². The second-order valence-electron chi connectivity index (χ2n) is 6.50. The molecule has 25 heavy (non-hydrogen) atoms. The quantitative estimate of drug-likeness (QED) is 0.730. The van der Waals surface area contributed by atoms with Crippen molar-refractivity contribution in [2.45, 2.75) is 32.2 Å². The van der Waals surface area contributed by atoms with Crippen LogP contribution in [0.1, 0.15) is 43.6 Å². The summed E-state index contributed by atoms with van der Waals surface area (Å²) in [5.41, 5.74) is 1.90. The lowest BCUT2D eigenvalue weighted by atomic mass is 9.92. The Morgan fingerprint density at radius 3 is 2.92 bits per heavy atom. The van der Waals surface area contributed by atoms with Crippen molar-refractivity contribution in [2.24, 2.45) is 0 Å². The van der Waals surface area contributed by atoms with E-state index in [1.807, 2.05) is 61.1 Å². The summed E-state index contributed by atoms with van der Waals surface area (Å²) in [6.07, 6.45) is 2.17. The van der Waals surface area contributed by atoms with E-state index in [-0.39, 0.29) is 17.9 Å². The van der Waals surface area contributed by atoms with Gasteiger partial charge >= 0.3 is 0 Å². The Balaban J connectivity index is 1.73. The molecule has 1 aliphatic heterocycles. The van der Waals surface area contributed by atoms with Gasteiger partial charge in [0.2, 0.25) is 5.91 Å². The fourth-order valence-corrected chi connectivity index (χ4v) is 3.41. The number of amides is 1. The number of nitrogens with one attached hydrogen (secondary N) is 1. The van der Waals surface area contributed by atoms with Gasteiger partial charge in [-0.15, -0.1) is 0 Å². The number of halogens is 1. The molecular weight excluding hydrogens is 338 g/mol. The average Bonchev–Trinajstić information content (AvgIpc) is 3.21. The summed E-state index contributed by atoms with van der Waals surface area (Å²) in [6.45, 7) is 4.07. The number of carbonyl (C=O) groups excluding carboxylic acids is 1. The molecule has 1 N–H and O–H groups in total. The van der Waals surface area contributed by atoms with Crippen molar-refractivity contribution >= 4 is 23.3 Å². The summed E-state index contributed by atoms with van der Waals surface area (Å²) in [5.74, 6) is 2.09. The SMILES string of the molecule is CC(C)n1ncc2c1NC(=O)CC2c1ccc(-c2cccc(Cl)c2)o1. The highest BCUT2D eigenvalue weighted by Gasteiger charge is 2.32. The fourth-order valence-electron chi connectivity index (χ4n) is 3.22. The van der Waals surface area contributed by atoms with E-state index in [1.165, 1.54) is 0 Å². The number of carbonyl (C=O) groups is 1. The Kier molecular flexibility index (Phi) is 3.88. The molecule has 1 amide bonds. The molecule has 5 nitrogen and oxygen atoms in total. The van der Waals surface area contributed by atoms with Crippen molar-refractivity contribution in [1.29, 1.82) is 0 Å². The molecule has 2 aromatic heterocycles. The number of hydrogen-bond donors (Lipinski definition) is 1. The Hall–Kier alpha value is -2.53. The maximum atomic E-state index is 12.2. The first-order chi connectivity index (χ1) is 12.0. The van der Waals surface area contributed by atoms with Crippen LogP contribution in [-0.4, -0.2) is 15.7 Å². The molecule has 0 radical (unpaired) electrons. The second-order valence-corrected chi connectivity index (χ2v) is 6.94. The van der Waals surface area contributed by atoms with Crippen molar-refractivity contribution in [3.05, 3.63) is 58.9 Å². The molecule has 128 valence electrons. The van der Waals surface area contributed by atoms with Crippen molar-refractivity contribution in [3.63, 3.8) is 0 Å². The van der Waals surface area contributed by atoms with E-state index in [2.05, 4.69) is 10.4 Å². The van der Waals surface area contributed by atoms with Crippen LogP contribution in [0.5, 0.6) is 0 Å². The van der Waals surface area contributed by atoms with Gasteiger partial charge in [0.15, 0.2) is 0 Å². The third kappa shape index (κ3) is 2.85. The van der Waals surface area contributed by atoms with Gasteiger partial charge in [-0.3, -0.25) is 4.79 Å². The molecule has 1 aromatic carbocycles. The lowest BCUT2D eigenvalue weighted by Gasteiger charge is -2.23. The van der Waals surface area contributed by atoms with Gasteiger partial charge in [0, 0.05) is 28.6 Å². The van der Waals surface area contributed by atoms with E-state index < -0.39 is 0 Å². The maximum Gasteiger partial charge on any atom is 0.226 e. The molecule has 0 fully saturated rings. The van der Waals surface area contributed by atoms with Crippen LogP contribution in [0.25, 0.3) is 11.3 Å². The van der Waals surface area contributed by atoms with Crippen molar-refractivity contribution < 1.29 is 9.21 Å². The number of hydrogen-bond acceptors (Lipinski definition) is 3. The van der Waals surface area contributed by atoms with Crippen LogP contribution in [0, 0.1) is 0 Å². The molecule has 0 saturated carbocycles. The van der Waals surface area contributed by atoms with Gasteiger partial charge in [-0.1, -0.05) is 23.7 Å². The first-order valence-electron chi connectivity index (χ1n) is 8.26. The molecule has 3 heterocycles. The molecule has 1 unspecified atom stereocenters. The minimum absolute atomic E-state index is 0.0272. The standard InChI is InChI=1S/C19H18ClN3O2/c1-11(2)23-19-15(10-21-23)14(9-18(24)22-19)17-7-6-16(25-17)12-4-3-5-13(20)8-12/h3-8,10-11,14H,9H2,1-2H3,(H,22,24). The van der Waals surface area contributed by atoms with Crippen LogP contribution >= 0.6 is 11.6 Å². The topological polar surface area (TPSA) is 60.1 Å². The summed E-state index contributed by atoms with van der Waals surface area (Å²) >= 11 is 6.06. The number of anilines is 1. The van der Waals surface area contributed by atoms with E-state index in [1.54, 1.807) is 0 Å². The molecule has 1 atom stereocenters. The fraction of sp³-hybridized carbons (Fsp3) is 0.263. The van der Waals surface area contributed by atoms with Crippen LogP contribution in [0.4, 0.5) is 5.82 Å². The minimum Gasteiger partial charge on any atom is -0.460 e. The number of aromatic nitrogens is 2. The first-order valence-corrected chi connectivity index (χ1v) is 8.63. The van der Waals surface area contributed by atoms with Gasteiger partial charge in [-0.2, -0.15) is 5.10 Å². The number of nitrogens with zero attached hydrogens (tertiary/aromatic N) is 2. The van der Waals surface area contributed by atoms with E-state index in [0.29, 0.717) is 11.4 Å². The molecule has 0 aliphatic carbocycles. The molecule has 0 saturated heterocycles. The van der Waals surface area contributed by atoms with Crippen molar-refractivity contribution in [3.8, 4) is 11.3 Å². The van der Waals surface area contributed by atoms with Gasteiger partial charge in [0.05, 0.1) is 12.1 Å². The second kappa shape index (κ2) is 6.08. The number of furan rings is 1. The zero-order valence-electron chi connectivity index (χ0n) is 14.0. The van der Waals surface area contributed by atoms with Crippen LogP contribution in [0.3, 0.4) is 0 Å². The highest BCUT2D eigenvalue weighted by molar-refractivity contribution is 6.30. The lowest BCUT2D eigenvalue weighted by molar-refractivity contribution is -0.116. The zero-order valence-corrected chi connectivity index (χ0v) is 14.7. The molecule has 6 heteroatoms. The van der Waals surface area contributed by atoms with Crippen molar-refractivity contribution in [2.75, 3.05) is 5.32 Å². The Bertz CT molecular complexity index is 942. The van der Waals surface area contributed by atoms with E-state index in [0.717, 1.165) is 28.5 Å². The van der Waals surface area contributed by atoms with Crippen LogP contribution in [-0.2, 0) is 4.79 Å². The number of fused-ring (bicyclic) bond motifs is 1. The summed E-state index contributed by atoms with van der Waals surface area (Å²) in [6, 6.07) is 11.5. The summed E-state index contributed by atoms with van der Waals surface area (Å²) in [4.78, 5) is 12.2. The van der Waals surface area contributed by atoms with Gasteiger partial charge < -0.3 is 9.73 Å². The van der Waals surface area contributed by atoms with Crippen LogP contribution in [0.2, 0.25) is 5.02 Å². The van der Waals surface area contributed by atoms with Crippen LogP contribution < -0.4 is 5.32 Å². The molecule has 0 spiro atoms. The van der Waals surface area contributed by atoms with Gasteiger partial charge in [0.1, 0.15) is 17.3 Å². The molecule has 3 aromatic rings. The minimum atomic E-state index is -0.135. The molecule has 4 rings (SSSR count). The average molecular weight is 356 g/mol. The largest absolute Gasteiger partial charge is 0.460 e. The maximum absolute atomic E-state index is 12.2. The zero-order chi connectivity index (χ0) is 17.6. The highest BCUT2D eigenvalue weighted by atomic mass is 35.5. The van der Waals surface area contributed by atoms with E-state index >= 15 is 0 Å². The van der Waals surface area contributed by atoms with Crippen LogP contribution in [0.15, 0.2) is 47.0 Å². The van der Waals surface area contributed by atoms with Gasteiger partial charge in [-0.25, -0.2) is 4.68 Å². The molecule has 0 bridgehead atoms. The molecule has 1 aliphatic rings. The predicted molar refractivity (Wildman–Crippen MR) is 96.9 cm³/mol. The third-order valence-electron chi connectivity index (χ3n) is 4.42. The predicted octanol–water partition coefficient (Wildman–Crippen LogP) is 4.85. The normalized spacial score (nSPS) is 16.8. The van der Waals surface area contributed by atoms with Crippen molar-refractivity contribution in [1.82, 2.24) is 9.78 Å². The summed E-state index contributed by atoms with van der Waals surface area (Å²) in [5, 5.41) is 8.03. The summed E-state index contributed by atoms with van der Waals surface area (Å²) < 4.78 is 7.90. The Morgan fingerprint density at radius 2 is 2.16 bits per heavy atom. The third-order valence-corrected chi connectivity index (χ3v) is 4.65. The Labute approximate surface area is 150 Å². The lowest BCUT2D eigenvalue weighted by Crippen LogP contribution is -2.25. The van der Waals surface area contributed by atoms with E-state index in [4.69, 9.17) is 16.0 Å². The first kappa shape index (κ1) is 16.0. The Morgan fingerprint density at radius 1 is 1.32 bits per heavy atom. The smallest absolute Gasteiger partial charge is 0.226 e. The summed E-state index contributed by atoms with van der Waals surface area (Å²) in [7, 11) is 0. The van der Waals surface area contributed by atoms with Gasteiger partial charge in [0.25, 0.3) is 0 Å².